The van der Waals surface area contributed by atoms with Crippen LogP contribution in [0.15, 0.2) is 48.5 Å². The SMILES string of the molecule is CCC(C)C(NC(=O)C(C)Cc1cccc(F)c1)c1nc2ccccc2[nH]1. The molecule has 3 aromatic rings. The van der Waals surface area contributed by atoms with Gasteiger partial charge in [0.1, 0.15) is 11.6 Å². The Balaban J connectivity index is 1.76. The molecule has 1 heterocycles. The van der Waals surface area contributed by atoms with Crippen molar-refractivity contribution in [2.45, 2.75) is 39.7 Å². The number of hydrogen-bond donors (Lipinski definition) is 2. The van der Waals surface area contributed by atoms with E-state index in [4.69, 9.17) is 0 Å². The first-order valence-electron chi connectivity index (χ1n) is 9.47. The molecule has 3 unspecified atom stereocenters. The highest BCUT2D eigenvalue weighted by Gasteiger charge is 2.25. The number of carbonyl (C=O) groups is 1. The van der Waals surface area contributed by atoms with E-state index in [0.717, 1.165) is 28.8 Å². The van der Waals surface area contributed by atoms with Crippen molar-refractivity contribution in [2.75, 3.05) is 0 Å². The third-order valence-corrected chi connectivity index (χ3v) is 5.09. The standard InChI is InChI=1S/C22H26FN3O/c1-4-14(2)20(21-24-18-10-5-6-11-19(18)25-21)26-22(27)15(3)12-16-8-7-9-17(23)13-16/h5-11,13-15,20H,4,12H2,1-3H3,(H,24,25)(H,26,27). The van der Waals surface area contributed by atoms with E-state index in [0.29, 0.717) is 6.42 Å². The molecule has 2 aromatic carbocycles. The average molecular weight is 367 g/mol. The molecule has 0 bridgehead atoms. The lowest BCUT2D eigenvalue weighted by Crippen LogP contribution is -2.37. The number of nitrogens with zero attached hydrogens (tertiary/aromatic N) is 1. The van der Waals surface area contributed by atoms with E-state index in [-0.39, 0.29) is 29.6 Å². The van der Waals surface area contributed by atoms with Crippen LogP contribution in [0.4, 0.5) is 4.39 Å². The van der Waals surface area contributed by atoms with Crippen molar-refractivity contribution in [1.82, 2.24) is 15.3 Å². The van der Waals surface area contributed by atoms with Crippen LogP contribution in [0.3, 0.4) is 0 Å². The van der Waals surface area contributed by atoms with Crippen molar-refractivity contribution in [3.05, 3.63) is 65.7 Å². The van der Waals surface area contributed by atoms with Gasteiger partial charge in [-0.15, -0.1) is 0 Å². The number of fused-ring (bicyclic) bond motifs is 1. The zero-order chi connectivity index (χ0) is 19.4. The summed E-state index contributed by atoms with van der Waals surface area (Å²) in [6.45, 7) is 6.07. The minimum Gasteiger partial charge on any atom is -0.346 e. The molecule has 0 spiro atoms. The maximum atomic E-state index is 13.4. The fourth-order valence-corrected chi connectivity index (χ4v) is 3.24. The van der Waals surface area contributed by atoms with Gasteiger partial charge in [0.15, 0.2) is 0 Å². The Bertz CT molecular complexity index is 888. The van der Waals surface area contributed by atoms with Crippen LogP contribution >= 0.6 is 0 Å². The monoisotopic (exact) mass is 367 g/mol. The molecule has 0 aliphatic rings. The van der Waals surface area contributed by atoms with E-state index in [1.807, 2.05) is 37.3 Å². The summed E-state index contributed by atoms with van der Waals surface area (Å²) in [5.41, 5.74) is 2.67. The van der Waals surface area contributed by atoms with Crippen LogP contribution in [-0.4, -0.2) is 15.9 Å². The second-order valence-electron chi connectivity index (χ2n) is 7.25. The number of amides is 1. The first kappa shape index (κ1) is 19.1. The molecule has 5 heteroatoms. The summed E-state index contributed by atoms with van der Waals surface area (Å²) >= 11 is 0. The highest BCUT2D eigenvalue weighted by molar-refractivity contribution is 5.79. The van der Waals surface area contributed by atoms with Gasteiger partial charge in [-0.3, -0.25) is 4.79 Å². The number of carbonyl (C=O) groups excluding carboxylic acids is 1. The maximum Gasteiger partial charge on any atom is 0.223 e. The quantitative estimate of drug-likeness (QED) is 0.631. The van der Waals surface area contributed by atoms with E-state index >= 15 is 0 Å². The minimum atomic E-state index is -0.278. The largest absolute Gasteiger partial charge is 0.346 e. The van der Waals surface area contributed by atoms with Gasteiger partial charge < -0.3 is 10.3 Å². The Kier molecular flexibility index (Phi) is 5.89. The van der Waals surface area contributed by atoms with E-state index in [9.17, 15) is 9.18 Å². The van der Waals surface area contributed by atoms with Gasteiger partial charge in [0, 0.05) is 5.92 Å². The number of aromatic amines is 1. The molecule has 4 nitrogen and oxygen atoms in total. The van der Waals surface area contributed by atoms with Crippen molar-refractivity contribution in [3.8, 4) is 0 Å². The van der Waals surface area contributed by atoms with Crippen LogP contribution in [0.5, 0.6) is 0 Å². The summed E-state index contributed by atoms with van der Waals surface area (Å²) in [7, 11) is 0. The Morgan fingerprint density at radius 1 is 1.19 bits per heavy atom. The molecule has 0 saturated carbocycles. The van der Waals surface area contributed by atoms with Crippen molar-refractivity contribution in [3.63, 3.8) is 0 Å². The van der Waals surface area contributed by atoms with E-state index in [1.165, 1.54) is 12.1 Å². The van der Waals surface area contributed by atoms with Crippen LogP contribution in [0.2, 0.25) is 0 Å². The number of para-hydroxylation sites is 2. The molecule has 3 atom stereocenters. The summed E-state index contributed by atoms with van der Waals surface area (Å²) in [6.07, 6.45) is 1.41. The summed E-state index contributed by atoms with van der Waals surface area (Å²) in [5.74, 6) is 0.417. The predicted octanol–water partition coefficient (Wildman–Crippen LogP) is 4.78. The average Bonchev–Trinajstić information content (AvgIpc) is 3.09. The van der Waals surface area contributed by atoms with Crippen molar-refractivity contribution in [2.24, 2.45) is 11.8 Å². The van der Waals surface area contributed by atoms with E-state index in [2.05, 4.69) is 29.1 Å². The molecule has 2 N–H and O–H groups in total. The second kappa shape index (κ2) is 8.33. The molecular formula is C22H26FN3O. The number of nitrogens with one attached hydrogen (secondary N) is 2. The van der Waals surface area contributed by atoms with Crippen LogP contribution in [-0.2, 0) is 11.2 Å². The molecule has 0 saturated heterocycles. The Morgan fingerprint density at radius 2 is 1.96 bits per heavy atom. The van der Waals surface area contributed by atoms with Crippen LogP contribution < -0.4 is 5.32 Å². The number of hydrogen-bond acceptors (Lipinski definition) is 2. The first-order chi connectivity index (χ1) is 13.0. The van der Waals surface area contributed by atoms with Crippen molar-refractivity contribution < 1.29 is 9.18 Å². The lowest BCUT2D eigenvalue weighted by molar-refractivity contribution is -0.125. The van der Waals surface area contributed by atoms with Gasteiger partial charge in [0.2, 0.25) is 5.91 Å². The van der Waals surface area contributed by atoms with Gasteiger partial charge in [-0.2, -0.15) is 0 Å². The van der Waals surface area contributed by atoms with Crippen molar-refractivity contribution in [1.29, 1.82) is 0 Å². The highest BCUT2D eigenvalue weighted by Crippen LogP contribution is 2.25. The zero-order valence-electron chi connectivity index (χ0n) is 16.0. The number of halogens is 1. The van der Waals surface area contributed by atoms with Gasteiger partial charge in [-0.05, 0) is 42.2 Å². The summed E-state index contributed by atoms with van der Waals surface area (Å²) in [4.78, 5) is 20.8. The molecule has 0 radical (unpaired) electrons. The molecule has 1 amide bonds. The summed E-state index contributed by atoms with van der Waals surface area (Å²) < 4.78 is 13.4. The Morgan fingerprint density at radius 3 is 2.67 bits per heavy atom. The smallest absolute Gasteiger partial charge is 0.223 e. The molecule has 0 aliphatic carbocycles. The highest BCUT2D eigenvalue weighted by atomic mass is 19.1. The number of aromatic nitrogens is 2. The molecular weight excluding hydrogens is 341 g/mol. The normalized spacial score (nSPS) is 14.7. The zero-order valence-corrected chi connectivity index (χ0v) is 16.0. The number of benzene rings is 2. The molecule has 3 rings (SSSR count). The van der Waals surface area contributed by atoms with E-state index in [1.54, 1.807) is 6.07 Å². The number of H-pyrrole nitrogens is 1. The van der Waals surface area contributed by atoms with Crippen molar-refractivity contribution >= 4 is 16.9 Å². The predicted molar refractivity (Wildman–Crippen MR) is 106 cm³/mol. The Labute approximate surface area is 159 Å². The third kappa shape index (κ3) is 4.54. The topological polar surface area (TPSA) is 57.8 Å². The van der Waals surface area contributed by atoms with E-state index < -0.39 is 0 Å². The fraction of sp³-hybridized carbons (Fsp3) is 0.364. The second-order valence-corrected chi connectivity index (χ2v) is 7.25. The molecule has 142 valence electrons. The minimum absolute atomic E-state index is 0.0509. The Hall–Kier alpha value is -2.69. The molecule has 0 fully saturated rings. The lowest BCUT2D eigenvalue weighted by atomic mass is 9.96. The van der Waals surface area contributed by atoms with Crippen LogP contribution in [0, 0.1) is 17.7 Å². The molecule has 27 heavy (non-hydrogen) atoms. The van der Waals surface area contributed by atoms with Gasteiger partial charge in [-0.1, -0.05) is 51.5 Å². The maximum absolute atomic E-state index is 13.4. The fourth-order valence-electron chi connectivity index (χ4n) is 3.24. The van der Waals surface area contributed by atoms with Gasteiger partial charge >= 0.3 is 0 Å². The summed E-state index contributed by atoms with van der Waals surface area (Å²) in [5, 5.41) is 3.15. The third-order valence-electron chi connectivity index (χ3n) is 5.09. The molecule has 1 aromatic heterocycles. The number of rotatable bonds is 7. The van der Waals surface area contributed by atoms with Gasteiger partial charge in [-0.25, -0.2) is 9.37 Å². The summed E-state index contributed by atoms with van der Waals surface area (Å²) in [6, 6.07) is 14.1. The van der Waals surface area contributed by atoms with Gasteiger partial charge in [0.05, 0.1) is 17.1 Å². The van der Waals surface area contributed by atoms with Crippen LogP contribution in [0.1, 0.15) is 44.6 Å². The van der Waals surface area contributed by atoms with Gasteiger partial charge in [0.25, 0.3) is 0 Å². The number of imidazole rings is 1. The first-order valence-corrected chi connectivity index (χ1v) is 9.47. The van der Waals surface area contributed by atoms with Crippen LogP contribution in [0.25, 0.3) is 11.0 Å². The lowest BCUT2D eigenvalue weighted by Gasteiger charge is -2.24. The molecule has 0 aliphatic heterocycles.